The number of hydrogen-bond acceptors (Lipinski definition) is 3. The van der Waals surface area contributed by atoms with Crippen molar-refractivity contribution >= 4 is 33.4 Å². The normalized spacial score (nSPS) is 11.6. The molecule has 1 heterocycles. The van der Waals surface area contributed by atoms with Crippen molar-refractivity contribution in [2.45, 2.75) is 0 Å². The summed E-state index contributed by atoms with van der Waals surface area (Å²) in [5.74, 6) is 0.786. The van der Waals surface area contributed by atoms with Gasteiger partial charge in [0.1, 0.15) is 11.4 Å². The number of ether oxygens (including phenoxy) is 1. The lowest BCUT2D eigenvalue weighted by atomic mass is 10.2. The highest BCUT2D eigenvalue weighted by molar-refractivity contribution is 6.69. The van der Waals surface area contributed by atoms with Crippen LogP contribution in [0.25, 0.3) is 10.9 Å². The van der Waals surface area contributed by atoms with E-state index in [1.54, 1.807) is 7.11 Å². The summed E-state index contributed by atoms with van der Waals surface area (Å²) in [5.41, 5.74) is 2.32. The van der Waals surface area contributed by atoms with E-state index in [0.29, 0.717) is 10.9 Å². The van der Waals surface area contributed by atoms with Gasteiger partial charge in [-0.2, -0.15) is 0 Å². The Morgan fingerprint density at radius 1 is 1.00 bits per heavy atom. The number of rotatable bonds is 3. The Kier molecular flexibility index (Phi) is 3.84. The predicted octanol–water partition coefficient (Wildman–Crippen LogP) is 4.56. The fourth-order valence-corrected chi connectivity index (χ4v) is 2.21. The number of benzene rings is 2. The van der Waals surface area contributed by atoms with Crippen molar-refractivity contribution in [2.75, 3.05) is 7.11 Å². The largest absolute Gasteiger partial charge is 0.497 e. The topological polar surface area (TPSA) is 34.5 Å². The van der Waals surface area contributed by atoms with Crippen molar-refractivity contribution in [2.24, 2.45) is 4.99 Å². The van der Waals surface area contributed by atoms with E-state index in [1.165, 1.54) is 0 Å². The number of hydrogen-bond donors (Lipinski definition) is 0. The Bertz CT molecular complexity index is 797. The summed E-state index contributed by atoms with van der Waals surface area (Å²) in [7, 11) is 1.63. The molecule has 0 saturated heterocycles. The highest BCUT2D eigenvalue weighted by Crippen LogP contribution is 2.20. The van der Waals surface area contributed by atoms with Crippen LogP contribution in [0, 0.1) is 0 Å². The zero-order valence-electron chi connectivity index (χ0n) is 11.5. The van der Waals surface area contributed by atoms with Crippen LogP contribution in [0.1, 0.15) is 5.69 Å². The maximum atomic E-state index is 6.27. The van der Waals surface area contributed by atoms with Crippen molar-refractivity contribution < 1.29 is 4.74 Å². The number of methoxy groups -OCH3 is 1. The standard InChI is InChI=1S/C17H13ClN2O/c1-21-14-9-7-13(8-10-14)19-17(18)16-11-6-12-4-2-3-5-15(12)20-16/h2-11H,1H3. The number of aromatic nitrogens is 1. The van der Waals surface area contributed by atoms with Gasteiger partial charge in [0.2, 0.25) is 0 Å². The van der Waals surface area contributed by atoms with Crippen LogP contribution in [0.2, 0.25) is 0 Å². The molecule has 0 aliphatic carbocycles. The first-order valence-electron chi connectivity index (χ1n) is 6.51. The minimum atomic E-state index is 0.367. The van der Waals surface area contributed by atoms with Gasteiger partial charge in [-0.05, 0) is 36.4 Å². The van der Waals surface area contributed by atoms with E-state index in [0.717, 1.165) is 22.3 Å². The molecule has 4 heteroatoms. The van der Waals surface area contributed by atoms with Crippen molar-refractivity contribution in [3.8, 4) is 5.75 Å². The summed E-state index contributed by atoms with van der Waals surface area (Å²) in [6.07, 6.45) is 0. The number of pyridine rings is 1. The molecule has 21 heavy (non-hydrogen) atoms. The minimum Gasteiger partial charge on any atom is -0.497 e. The summed E-state index contributed by atoms with van der Waals surface area (Å²) in [4.78, 5) is 8.89. The van der Waals surface area contributed by atoms with E-state index >= 15 is 0 Å². The first-order chi connectivity index (χ1) is 10.3. The van der Waals surface area contributed by atoms with Crippen LogP contribution in [0.4, 0.5) is 5.69 Å². The average Bonchev–Trinajstić information content (AvgIpc) is 2.55. The van der Waals surface area contributed by atoms with Crippen LogP contribution in [0.15, 0.2) is 65.7 Å². The first-order valence-corrected chi connectivity index (χ1v) is 6.88. The van der Waals surface area contributed by atoms with Crippen LogP contribution in [0.3, 0.4) is 0 Å². The highest BCUT2D eigenvalue weighted by atomic mass is 35.5. The molecule has 3 aromatic rings. The van der Waals surface area contributed by atoms with Gasteiger partial charge in [0.05, 0.1) is 18.3 Å². The maximum Gasteiger partial charge on any atom is 0.155 e. The molecule has 0 saturated carbocycles. The van der Waals surface area contributed by atoms with Gasteiger partial charge in [-0.3, -0.25) is 0 Å². The monoisotopic (exact) mass is 296 g/mol. The Morgan fingerprint density at radius 2 is 1.76 bits per heavy atom. The minimum absolute atomic E-state index is 0.367. The summed E-state index contributed by atoms with van der Waals surface area (Å²) in [5, 5.41) is 1.45. The van der Waals surface area contributed by atoms with Gasteiger partial charge >= 0.3 is 0 Å². The quantitative estimate of drug-likeness (QED) is 0.664. The van der Waals surface area contributed by atoms with E-state index in [1.807, 2.05) is 60.7 Å². The molecule has 0 amide bonds. The molecule has 0 aliphatic heterocycles. The Morgan fingerprint density at radius 3 is 2.52 bits per heavy atom. The van der Waals surface area contributed by atoms with Crippen LogP contribution in [-0.4, -0.2) is 17.3 Å². The van der Waals surface area contributed by atoms with Gasteiger partial charge in [-0.25, -0.2) is 9.98 Å². The molecule has 0 radical (unpaired) electrons. The maximum absolute atomic E-state index is 6.27. The van der Waals surface area contributed by atoms with Crippen molar-refractivity contribution in [1.29, 1.82) is 0 Å². The van der Waals surface area contributed by atoms with E-state index in [2.05, 4.69) is 9.98 Å². The molecule has 0 fully saturated rings. The second-order valence-corrected chi connectivity index (χ2v) is 4.85. The fraction of sp³-hybridized carbons (Fsp3) is 0.0588. The SMILES string of the molecule is COc1ccc(N=C(Cl)c2ccc3ccccc3n2)cc1. The summed E-state index contributed by atoms with van der Waals surface area (Å²) >= 11 is 6.27. The van der Waals surface area contributed by atoms with Crippen LogP contribution < -0.4 is 4.74 Å². The summed E-state index contributed by atoms with van der Waals surface area (Å²) in [6, 6.07) is 19.2. The molecule has 1 aromatic heterocycles. The van der Waals surface area contributed by atoms with E-state index in [4.69, 9.17) is 16.3 Å². The third kappa shape index (κ3) is 3.03. The average molecular weight is 297 g/mol. The number of halogens is 1. The molecule has 0 bridgehead atoms. The molecular weight excluding hydrogens is 284 g/mol. The number of aliphatic imine (C=N–C) groups is 1. The Balaban J connectivity index is 1.94. The molecule has 2 aromatic carbocycles. The second kappa shape index (κ2) is 5.94. The summed E-state index contributed by atoms with van der Waals surface area (Å²) in [6.45, 7) is 0. The lowest BCUT2D eigenvalue weighted by molar-refractivity contribution is 0.415. The first kappa shape index (κ1) is 13.6. The fourth-order valence-electron chi connectivity index (χ4n) is 2.01. The van der Waals surface area contributed by atoms with Crippen LogP contribution in [0.5, 0.6) is 5.75 Å². The molecule has 3 nitrogen and oxygen atoms in total. The van der Waals surface area contributed by atoms with Crippen LogP contribution >= 0.6 is 11.6 Å². The molecule has 0 N–H and O–H groups in total. The molecule has 104 valence electrons. The van der Waals surface area contributed by atoms with E-state index < -0.39 is 0 Å². The molecule has 0 unspecified atom stereocenters. The molecule has 0 aliphatic rings. The van der Waals surface area contributed by atoms with Gasteiger partial charge in [-0.1, -0.05) is 35.9 Å². The molecule has 0 atom stereocenters. The van der Waals surface area contributed by atoms with Crippen molar-refractivity contribution in [3.63, 3.8) is 0 Å². The van der Waals surface area contributed by atoms with Gasteiger partial charge in [0, 0.05) is 5.39 Å². The van der Waals surface area contributed by atoms with Gasteiger partial charge in [0.15, 0.2) is 5.17 Å². The Labute approximate surface area is 127 Å². The number of nitrogens with zero attached hydrogens (tertiary/aromatic N) is 2. The van der Waals surface area contributed by atoms with Gasteiger partial charge in [0.25, 0.3) is 0 Å². The smallest absolute Gasteiger partial charge is 0.155 e. The predicted molar refractivity (Wildman–Crippen MR) is 86.8 cm³/mol. The lowest BCUT2D eigenvalue weighted by Gasteiger charge is -2.02. The second-order valence-electron chi connectivity index (χ2n) is 4.49. The van der Waals surface area contributed by atoms with Gasteiger partial charge in [-0.15, -0.1) is 0 Å². The molecule has 3 rings (SSSR count). The molecular formula is C17H13ClN2O. The lowest BCUT2D eigenvalue weighted by Crippen LogP contribution is -1.95. The van der Waals surface area contributed by atoms with Crippen molar-refractivity contribution in [3.05, 3.63) is 66.4 Å². The van der Waals surface area contributed by atoms with Crippen LogP contribution in [-0.2, 0) is 0 Å². The zero-order valence-corrected chi connectivity index (χ0v) is 12.2. The van der Waals surface area contributed by atoms with Crippen molar-refractivity contribution in [1.82, 2.24) is 4.98 Å². The number of para-hydroxylation sites is 1. The van der Waals surface area contributed by atoms with E-state index in [9.17, 15) is 0 Å². The van der Waals surface area contributed by atoms with E-state index in [-0.39, 0.29) is 0 Å². The zero-order chi connectivity index (χ0) is 14.7. The molecule has 0 spiro atoms. The third-order valence-corrected chi connectivity index (χ3v) is 3.39. The Hall–Kier alpha value is -2.39. The summed E-state index contributed by atoms with van der Waals surface area (Å²) < 4.78 is 5.11. The third-order valence-electron chi connectivity index (χ3n) is 3.11. The number of fused-ring (bicyclic) bond motifs is 1. The highest BCUT2D eigenvalue weighted by Gasteiger charge is 2.04. The van der Waals surface area contributed by atoms with Gasteiger partial charge < -0.3 is 4.74 Å².